The zero-order valence-corrected chi connectivity index (χ0v) is 11.9. The molecule has 3 N–H and O–H groups in total. The Morgan fingerprint density at radius 3 is 2.50 bits per heavy atom. The number of hydrogen-bond acceptors (Lipinski definition) is 4. The van der Waals surface area contributed by atoms with Crippen molar-refractivity contribution in [1.82, 2.24) is 4.90 Å². The van der Waals surface area contributed by atoms with Crippen LogP contribution in [0.5, 0.6) is 0 Å². The second-order valence-corrected chi connectivity index (χ2v) is 5.74. The molecule has 2 fully saturated rings. The van der Waals surface area contributed by atoms with Gasteiger partial charge in [0.1, 0.15) is 0 Å². The molecule has 0 bridgehead atoms. The van der Waals surface area contributed by atoms with E-state index in [1.807, 2.05) is 13.0 Å². The van der Waals surface area contributed by atoms with Crippen LogP contribution in [0, 0.1) is 6.92 Å². The van der Waals surface area contributed by atoms with Crippen molar-refractivity contribution in [2.24, 2.45) is 10.9 Å². The van der Waals surface area contributed by atoms with Gasteiger partial charge in [-0.25, -0.2) is 0 Å². The van der Waals surface area contributed by atoms with Crippen LogP contribution in [0.3, 0.4) is 0 Å². The third kappa shape index (κ3) is 2.58. The topological polar surface area (TPSA) is 65.1 Å². The second kappa shape index (κ2) is 5.32. The number of nitrogens with two attached hydrogens (primary N) is 1. The number of piperazine rings is 1. The van der Waals surface area contributed by atoms with Gasteiger partial charge in [-0.2, -0.15) is 0 Å². The summed E-state index contributed by atoms with van der Waals surface area (Å²) in [7, 11) is 0. The summed E-state index contributed by atoms with van der Waals surface area (Å²) in [4.78, 5) is 5.02. The van der Waals surface area contributed by atoms with Crippen LogP contribution in [0.25, 0.3) is 0 Å². The van der Waals surface area contributed by atoms with Crippen LogP contribution < -0.4 is 10.6 Å². The molecule has 1 aromatic carbocycles. The van der Waals surface area contributed by atoms with Crippen LogP contribution in [-0.2, 0) is 0 Å². The Bertz CT molecular complexity index is 517. The summed E-state index contributed by atoms with van der Waals surface area (Å²) in [6.07, 6.45) is 2.77. The lowest BCUT2D eigenvalue weighted by molar-refractivity contribution is 0.248. The molecule has 1 saturated carbocycles. The summed E-state index contributed by atoms with van der Waals surface area (Å²) in [5, 5.41) is 11.8. The maximum absolute atomic E-state index is 8.76. The quantitative estimate of drug-likeness (QED) is 0.378. The Hall–Kier alpha value is -1.75. The van der Waals surface area contributed by atoms with Crippen molar-refractivity contribution < 1.29 is 5.21 Å². The first-order valence-electron chi connectivity index (χ1n) is 7.26. The summed E-state index contributed by atoms with van der Waals surface area (Å²) in [6.45, 7) is 6.48. The molecule has 20 heavy (non-hydrogen) atoms. The highest BCUT2D eigenvalue weighted by Crippen LogP contribution is 2.28. The second-order valence-electron chi connectivity index (χ2n) is 5.74. The largest absolute Gasteiger partial charge is 0.409 e. The van der Waals surface area contributed by atoms with Crippen LogP contribution in [0.4, 0.5) is 5.69 Å². The van der Waals surface area contributed by atoms with Crippen molar-refractivity contribution in [2.45, 2.75) is 25.8 Å². The zero-order valence-electron chi connectivity index (χ0n) is 11.9. The van der Waals surface area contributed by atoms with E-state index in [2.05, 4.69) is 27.1 Å². The first-order valence-corrected chi connectivity index (χ1v) is 7.26. The van der Waals surface area contributed by atoms with E-state index in [4.69, 9.17) is 10.9 Å². The molecule has 0 amide bonds. The Balaban J connectivity index is 1.70. The van der Waals surface area contributed by atoms with Gasteiger partial charge >= 0.3 is 0 Å². The van der Waals surface area contributed by atoms with Gasteiger partial charge in [0, 0.05) is 43.5 Å². The van der Waals surface area contributed by atoms with Crippen molar-refractivity contribution in [2.75, 3.05) is 31.1 Å². The molecular formula is C15H22N4O. The highest BCUT2D eigenvalue weighted by atomic mass is 16.4. The third-order valence-electron chi connectivity index (χ3n) is 4.34. The molecule has 1 heterocycles. The van der Waals surface area contributed by atoms with E-state index >= 15 is 0 Å². The molecule has 0 aromatic heterocycles. The number of nitrogens with zero attached hydrogens (tertiary/aromatic N) is 3. The highest BCUT2D eigenvalue weighted by Gasteiger charge is 2.31. The van der Waals surface area contributed by atoms with Crippen LogP contribution in [0.1, 0.15) is 24.0 Å². The number of hydrogen-bond donors (Lipinski definition) is 2. The fourth-order valence-corrected chi connectivity index (χ4v) is 2.97. The summed E-state index contributed by atoms with van der Waals surface area (Å²) in [5.74, 6) is 0.174. The van der Waals surface area contributed by atoms with Crippen molar-refractivity contribution >= 4 is 11.5 Å². The van der Waals surface area contributed by atoms with Crippen molar-refractivity contribution in [3.63, 3.8) is 0 Å². The van der Waals surface area contributed by atoms with E-state index in [0.717, 1.165) is 43.3 Å². The minimum absolute atomic E-state index is 0.174. The molecule has 1 aliphatic heterocycles. The van der Waals surface area contributed by atoms with Crippen LogP contribution in [0.2, 0.25) is 0 Å². The van der Waals surface area contributed by atoms with Gasteiger partial charge in [0.05, 0.1) is 0 Å². The molecule has 5 heteroatoms. The maximum Gasteiger partial charge on any atom is 0.170 e. The minimum Gasteiger partial charge on any atom is -0.409 e. The molecular weight excluding hydrogens is 252 g/mol. The average molecular weight is 274 g/mol. The number of anilines is 1. The van der Waals surface area contributed by atoms with E-state index in [1.165, 1.54) is 18.5 Å². The lowest BCUT2D eigenvalue weighted by Crippen LogP contribution is -2.47. The van der Waals surface area contributed by atoms with E-state index in [1.54, 1.807) is 0 Å². The lowest BCUT2D eigenvalue weighted by atomic mass is 10.1. The molecule has 0 atom stereocenters. The molecule has 108 valence electrons. The molecule has 0 unspecified atom stereocenters. The lowest BCUT2D eigenvalue weighted by Gasteiger charge is -2.36. The van der Waals surface area contributed by atoms with Gasteiger partial charge in [0.25, 0.3) is 0 Å². The number of oxime groups is 1. The van der Waals surface area contributed by atoms with Crippen molar-refractivity contribution in [3.05, 3.63) is 29.3 Å². The van der Waals surface area contributed by atoms with Gasteiger partial charge in [-0.1, -0.05) is 5.16 Å². The van der Waals surface area contributed by atoms with Gasteiger partial charge < -0.3 is 15.8 Å². The number of rotatable bonds is 3. The van der Waals surface area contributed by atoms with Gasteiger partial charge in [0.2, 0.25) is 0 Å². The molecule has 3 rings (SSSR count). The molecule has 1 saturated heterocycles. The first-order chi connectivity index (χ1) is 9.69. The first kappa shape index (κ1) is 13.2. The predicted octanol–water partition coefficient (Wildman–Crippen LogP) is 1.37. The Morgan fingerprint density at radius 2 is 1.95 bits per heavy atom. The fourth-order valence-electron chi connectivity index (χ4n) is 2.97. The molecule has 1 aliphatic carbocycles. The summed E-state index contributed by atoms with van der Waals surface area (Å²) in [5.41, 5.74) is 8.73. The van der Waals surface area contributed by atoms with Crippen LogP contribution in [0.15, 0.2) is 23.4 Å². The highest BCUT2D eigenvalue weighted by molar-refractivity contribution is 5.98. The van der Waals surface area contributed by atoms with Gasteiger partial charge in [0.15, 0.2) is 5.84 Å². The molecule has 1 aromatic rings. The van der Waals surface area contributed by atoms with Crippen LogP contribution in [-0.4, -0.2) is 48.2 Å². The van der Waals surface area contributed by atoms with E-state index < -0.39 is 0 Å². The third-order valence-corrected chi connectivity index (χ3v) is 4.34. The summed E-state index contributed by atoms with van der Waals surface area (Å²) in [6, 6.07) is 6.99. The monoisotopic (exact) mass is 274 g/mol. The van der Waals surface area contributed by atoms with Gasteiger partial charge in [-0.3, -0.25) is 4.90 Å². The smallest absolute Gasteiger partial charge is 0.170 e. The number of benzene rings is 1. The van der Waals surface area contributed by atoms with Crippen molar-refractivity contribution in [3.8, 4) is 0 Å². The van der Waals surface area contributed by atoms with Crippen LogP contribution >= 0.6 is 0 Å². The van der Waals surface area contributed by atoms with E-state index in [-0.39, 0.29) is 5.84 Å². The number of aryl methyl sites for hydroxylation is 1. The average Bonchev–Trinajstić information content (AvgIpc) is 3.31. The standard InChI is InChI=1S/C15H22N4O/c1-11-10-13(4-5-14(11)15(16)17-20)19-8-6-18(7-9-19)12-2-3-12/h4-5,10,12,20H,2-3,6-9H2,1H3,(H2,16,17). The number of amidine groups is 1. The molecule has 0 radical (unpaired) electrons. The molecule has 2 aliphatic rings. The Labute approximate surface area is 119 Å². The Kier molecular flexibility index (Phi) is 3.53. The normalized spacial score (nSPS) is 21.2. The van der Waals surface area contributed by atoms with Gasteiger partial charge in [-0.05, 0) is 43.5 Å². The Morgan fingerprint density at radius 1 is 1.25 bits per heavy atom. The predicted molar refractivity (Wildman–Crippen MR) is 80.5 cm³/mol. The SMILES string of the molecule is Cc1cc(N2CCN(C3CC3)CC2)ccc1/C(N)=N/O. The summed E-state index contributed by atoms with van der Waals surface area (Å²) < 4.78 is 0. The van der Waals surface area contributed by atoms with E-state index in [9.17, 15) is 0 Å². The van der Waals surface area contributed by atoms with Gasteiger partial charge in [-0.15, -0.1) is 0 Å². The van der Waals surface area contributed by atoms with Crippen molar-refractivity contribution in [1.29, 1.82) is 0 Å². The maximum atomic E-state index is 8.76. The molecule has 5 nitrogen and oxygen atoms in total. The fraction of sp³-hybridized carbons (Fsp3) is 0.533. The molecule has 0 spiro atoms. The zero-order chi connectivity index (χ0) is 14.1. The minimum atomic E-state index is 0.174. The summed E-state index contributed by atoms with van der Waals surface area (Å²) >= 11 is 0. The van der Waals surface area contributed by atoms with E-state index in [0.29, 0.717) is 0 Å².